The molecule has 0 aromatic carbocycles. The van der Waals surface area contributed by atoms with E-state index in [-0.39, 0.29) is 6.54 Å². The smallest absolute Gasteiger partial charge is 0.183 e. The average Bonchev–Trinajstić information content (AvgIpc) is 2.30. The zero-order valence-corrected chi connectivity index (χ0v) is 6.11. The minimum Gasteiger partial charge on any atom is -0.387 e. The van der Waals surface area contributed by atoms with E-state index in [0.717, 1.165) is 0 Å². The van der Waals surface area contributed by atoms with Crippen molar-refractivity contribution in [3.8, 4) is 0 Å². The molecule has 1 heterocycles. The van der Waals surface area contributed by atoms with Gasteiger partial charge < -0.3 is 20.1 Å². The lowest BCUT2D eigenvalue weighted by Gasteiger charge is -2.10. The van der Waals surface area contributed by atoms with Crippen LogP contribution in [0.3, 0.4) is 0 Å². The van der Waals surface area contributed by atoms with Crippen molar-refractivity contribution in [3.05, 3.63) is 10.4 Å². The number of hydrogen-bond donors (Lipinski definition) is 3. The van der Waals surface area contributed by atoms with E-state index in [1.165, 1.54) is 0 Å². The minimum atomic E-state index is -1.40. The van der Waals surface area contributed by atoms with Crippen LogP contribution in [0.1, 0.15) is 0 Å². The fourth-order valence-electron chi connectivity index (χ4n) is 0.997. The molecule has 7 nitrogen and oxygen atoms in total. The van der Waals surface area contributed by atoms with E-state index in [4.69, 9.17) is 20.9 Å². The van der Waals surface area contributed by atoms with E-state index in [9.17, 15) is 0 Å². The molecule has 1 aliphatic heterocycles. The van der Waals surface area contributed by atoms with Gasteiger partial charge in [0.05, 0.1) is 12.6 Å². The summed E-state index contributed by atoms with van der Waals surface area (Å²) < 4.78 is 4.68. The van der Waals surface area contributed by atoms with Gasteiger partial charge in [0.1, 0.15) is 12.2 Å². The molecule has 7 heteroatoms. The second kappa shape index (κ2) is 3.70. The molecule has 0 aromatic rings. The predicted octanol–water partition coefficient (Wildman–Crippen LogP) is -1.26. The first-order valence-corrected chi connectivity index (χ1v) is 3.37. The van der Waals surface area contributed by atoms with Gasteiger partial charge >= 0.3 is 0 Å². The molecule has 1 aliphatic rings. The molecule has 4 atom stereocenters. The average molecular weight is 175 g/mol. The Labute approximate surface area is 67.8 Å². The molecule has 68 valence electrons. The van der Waals surface area contributed by atoms with Gasteiger partial charge in [0.2, 0.25) is 0 Å². The quantitative estimate of drug-likeness (QED) is 0.275. The summed E-state index contributed by atoms with van der Waals surface area (Å²) in [5.41, 5.74) is 7.94. The summed E-state index contributed by atoms with van der Waals surface area (Å²) in [5, 5.41) is 30.1. The molecular formula is C5H9N3O4. The molecular weight excluding hydrogens is 166 g/mol. The van der Waals surface area contributed by atoms with Crippen LogP contribution >= 0.6 is 0 Å². The highest BCUT2D eigenvalue weighted by molar-refractivity contribution is 4.86. The van der Waals surface area contributed by atoms with Crippen LogP contribution < -0.4 is 0 Å². The first-order chi connectivity index (χ1) is 5.66. The molecule has 12 heavy (non-hydrogen) atoms. The summed E-state index contributed by atoms with van der Waals surface area (Å²) in [4.78, 5) is 2.45. The van der Waals surface area contributed by atoms with Gasteiger partial charge in [-0.3, -0.25) is 0 Å². The number of azide groups is 1. The van der Waals surface area contributed by atoms with Crippen molar-refractivity contribution in [2.45, 2.75) is 24.6 Å². The largest absolute Gasteiger partial charge is 0.387 e. The van der Waals surface area contributed by atoms with Crippen molar-refractivity contribution in [2.75, 3.05) is 6.54 Å². The lowest BCUT2D eigenvalue weighted by Crippen LogP contribution is -2.33. The van der Waals surface area contributed by atoms with Gasteiger partial charge in [0.15, 0.2) is 6.29 Å². The molecule has 0 bridgehead atoms. The van der Waals surface area contributed by atoms with Gasteiger partial charge in [-0.15, -0.1) is 0 Å². The molecule has 0 amide bonds. The Morgan fingerprint density at radius 3 is 2.42 bits per heavy atom. The van der Waals surface area contributed by atoms with Crippen LogP contribution in [0.2, 0.25) is 0 Å². The summed E-state index contributed by atoms with van der Waals surface area (Å²) in [5.74, 6) is 0. The predicted molar refractivity (Wildman–Crippen MR) is 36.9 cm³/mol. The monoisotopic (exact) mass is 175 g/mol. The van der Waals surface area contributed by atoms with E-state index in [2.05, 4.69) is 14.8 Å². The Kier molecular flexibility index (Phi) is 2.85. The molecule has 1 unspecified atom stereocenters. The summed E-state index contributed by atoms with van der Waals surface area (Å²) in [6.45, 7) is -0.105. The Morgan fingerprint density at radius 2 is 2.00 bits per heavy atom. The van der Waals surface area contributed by atoms with Crippen LogP contribution in [0.5, 0.6) is 0 Å². The van der Waals surface area contributed by atoms with Gasteiger partial charge in [0, 0.05) is 4.91 Å². The fourth-order valence-corrected chi connectivity index (χ4v) is 0.997. The second-order valence-electron chi connectivity index (χ2n) is 2.46. The highest BCUT2D eigenvalue weighted by Crippen LogP contribution is 2.19. The molecule has 1 fully saturated rings. The number of ether oxygens (including phenoxy) is 1. The summed E-state index contributed by atoms with van der Waals surface area (Å²) >= 11 is 0. The van der Waals surface area contributed by atoms with Crippen molar-refractivity contribution in [2.24, 2.45) is 5.11 Å². The van der Waals surface area contributed by atoms with E-state index < -0.39 is 24.6 Å². The molecule has 0 saturated carbocycles. The van der Waals surface area contributed by atoms with Gasteiger partial charge in [-0.05, 0) is 5.53 Å². The van der Waals surface area contributed by atoms with Crippen LogP contribution in [0.15, 0.2) is 5.11 Å². The Hall–Kier alpha value is -0.850. The number of hydrogen-bond acceptors (Lipinski definition) is 5. The lowest BCUT2D eigenvalue weighted by atomic mass is 10.1. The number of aliphatic hydroxyl groups is 3. The third kappa shape index (κ3) is 1.66. The van der Waals surface area contributed by atoms with E-state index in [0.29, 0.717) is 0 Å². The normalized spacial score (nSPS) is 40.9. The standard InChI is InChI=1S/C5H9N3O4/c6-8-7-1-2-3(9)4(10)5(11)12-2/h2-5,9-11H,1H2/t2-,3-,4+,5?/m0/s1. The molecule has 0 aliphatic carbocycles. The zero-order chi connectivity index (χ0) is 9.14. The van der Waals surface area contributed by atoms with E-state index in [1.807, 2.05) is 0 Å². The van der Waals surface area contributed by atoms with E-state index >= 15 is 0 Å². The van der Waals surface area contributed by atoms with Crippen molar-refractivity contribution in [3.63, 3.8) is 0 Å². The van der Waals surface area contributed by atoms with Gasteiger partial charge in [0.25, 0.3) is 0 Å². The van der Waals surface area contributed by atoms with Crippen LogP contribution in [0.25, 0.3) is 10.4 Å². The molecule has 3 N–H and O–H groups in total. The molecule has 0 aromatic heterocycles. The van der Waals surface area contributed by atoms with Crippen LogP contribution in [0.4, 0.5) is 0 Å². The molecule has 0 radical (unpaired) electrons. The SMILES string of the molecule is [N-]=[N+]=NC[C@@H]1OC(O)[C@H](O)[C@H]1O. The highest BCUT2D eigenvalue weighted by atomic mass is 16.6. The van der Waals surface area contributed by atoms with E-state index in [1.54, 1.807) is 0 Å². The number of rotatable bonds is 2. The lowest BCUT2D eigenvalue weighted by molar-refractivity contribution is -0.125. The first kappa shape index (κ1) is 9.24. The van der Waals surface area contributed by atoms with Crippen molar-refractivity contribution >= 4 is 0 Å². The maximum absolute atomic E-state index is 9.14. The van der Waals surface area contributed by atoms with Crippen molar-refractivity contribution in [1.82, 2.24) is 0 Å². The molecule has 1 saturated heterocycles. The van der Waals surface area contributed by atoms with Gasteiger partial charge in [-0.1, -0.05) is 5.11 Å². The summed E-state index contributed by atoms with van der Waals surface area (Å²) in [7, 11) is 0. The third-order valence-corrected chi connectivity index (χ3v) is 1.66. The van der Waals surface area contributed by atoms with Gasteiger partial charge in [-0.2, -0.15) is 0 Å². The second-order valence-corrected chi connectivity index (χ2v) is 2.46. The topological polar surface area (TPSA) is 119 Å². The van der Waals surface area contributed by atoms with Crippen LogP contribution in [-0.2, 0) is 4.74 Å². The summed E-state index contributed by atoms with van der Waals surface area (Å²) in [6, 6.07) is 0. The van der Waals surface area contributed by atoms with Crippen molar-refractivity contribution < 1.29 is 20.1 Å². The van der Waals surface area contributed by atoms with Crippen molar-refractivity contribution in [1.29, 1.82) is 0 Å². The molecule has 1 rings (SSSR count). The Balaban J connectivity index is 2.52. The highest BCUT2D eigenvalue weighted by Gasteiger charge is 2.41. The Bertz CT molecular complexity index is 205. The summed E-state index contributed by atoms with van der Waals surface area (Å²) in [6.07, 6.45) is -4.76. The third-order valence-electron chi connectivity index (χ3n) is 1.66. The van der Waals surface area contributed by atoms with Crippen LogP contribution in [0, 0.1) is 0 Å². The maximum atomic E-state index is 9.14. The van der Waals surface area contributed by atoms with Gasteiger partial charge in [-0.25, -0.2) is 0 Å². The first-order valence-electron chi connectivity index (χ1n) is 3.37. The number of aliphatic hydroxyl groups excluding tert-OH is 3. The zero-order valence-electron chi connectivity index (χ0n) is 6.11. The minimum absolute atomic E-state index is 0.105. The number of nitrogens with zero attached hydrogens (tertiary/aromatic N) is 3. The maximum Gasteiger partial charge on any atom is 0.183 e. The fraction of sp³-hybridized carbons (Fsp3) is 1.00. The molecule has 0 spiro atoms. The van der Waals surface area contributed by atoms with Crippen LogP contribution in [-0.4, -0.2) is 46.5 Å². The Morgan fingerprint density at radius 1 is 1.33 bits per heavy atom.